The number of amides is 3. The maximum Gasteiger partial charge on any atom is 0.243 e. The monoisotopic (exact) mass is 578 g/mol. The van der Waals surface area contributed by atoms with E-state index in [1.165, 1.54) is 4.90 Å². The van der Waals surface area contributed by atoms with Gasteiger partial charge in [0.1, 0.15) is 30.2 Å². The van der Waals surface area contributed by atoms with Crippen molar-refractivity contribution < 1.29 is 24.2 Å². The highest BCUT2D eigenvalue weighted by Crippen LogP contribution is 2.34. The van der Waals surface area contributed by atoms with E-state index >= 15 is 0 Å². The van der Waals surface area contributed by atoms with Crippen molar-refractivity contribution in [2.24, 2.45) is 5.92 Å². The Hall–Kier alpha value is -3.59. The van der Waals surface area contributed by atoms with E-state index < -0.39 is 24.0 Å². The molecule has 42 heavy (non-hydrogen) atoms. The summed E-state index contributed by atoms with van der Waals surface area (Å²) in [6, 6.07) is 11.2. The van der Waals surface area contributed by atoms with Gasteiger partial charge >= 0.3 is 0 Å². The minimum Gasteiger partial charge on any atom is -0.508 e. The summed E-state index contributed by atoms with van der Waals surface area (Å²) in [4.78, 5) is 41.9. The maximum absolute atomic E-state index is 13.5. The van der Waals surface area contributed by atoms with Gasteiger partial charge in [-0.1, -0.05) is 51.1 Å². The molecule has 0 radical (unpaired) electrons. The van der Waals surface area contributed by atoms with Crippen molar-refractivity contribution in [3.8, 4) is 11.5 Å². The number of phenolic OH excluding ortho intramolecular Hbond substituents is 1. The van der Waals surface area contributed by atoms with Crippen LogP contribution in [0.15, 0.2) is 42.5 Å². The number of nitrogens with zero attached hydrogens (tertiary/aromatic N) is 1. The number of likely N-dealkylation sites (N-methyl/N-ethyl adjacent to an activating group) is 1. The molecule has 0 bridgehead atoms. The summed E-state index contributed by atoms with van der Waals surface area (Å²) in [6.07, 6.45) is 3.60. The van der Waals surface area contributed by atoms with Crippen LogP contribution in [0.4, 0.5) is 0 Å². The van der Waals surface area contributed by atoms with E-state index in [4.69, 9.17) is 4.74 Å². The number of nitrogens with one attached hydrogen (secondary N) is 3. The van der Waals surface area contributed by atoms with Crippen LogP contribution in [0.2, 0.25) is 0 Å². The van der Waals surface area contributed by atoms with Crippen molar-refractivity contribution >= 4 is 17.7 Å². The van der Waals surface area contributed by atoms with Crippen molar-refractivity contribution in [1.29, 1.82) is 0 Å². The summed E-state index contributed by atoms with van der Waals surface area (Å²) in [5, 5.41) is 19.7. The van der Waals surface area contributed by atoms with Gasteiger partial charge in [-0.2, -0.15) is 0 Å². The lowest BCUT2D eigenvalue weighted by atomic mass is 9.84. The number of hydrogen-bond donors (Lipinski definition) is 4. The average Bonchev–Trinajstić information content (AvgIpc) is 3.79. The normalized spacial score (nSPS) is 23.6. The molecule has 0 spiro atoms. The summed E-state index contributed by atoms with van der Waals surface area (Å²) in [5.74, 6) is 0.404. The van der Waals surface area contributed by atoms with Crippen molar-refractivity contribution in [1.82, 2.24) is 20.9 Å². The number of aryl methyl sites for hydroxylation is 1. The first-order chi connectivity index (χ1) is 20.0. The van der Waals surface area contributed by atoms with E-state index in [1.807, 2.05) is 51.1 Å². The number of para-hydroxylation sites is 1. The van der Waals surface area contributed by atoms with Gasteiger partial charge in [-0.25, -0.2) is 0 Å². The topological polar surface area (TPSA) is 120 Å². The SMILES string of the molecule is C[C@@H]1C(=O)N[C@H](Cc2ccc(O)c(C(C)(C)C)c2)C(=O)NCCCc2ccccc2OCCN[C@@H](C2CC2)C(=O)N1C. The zero-order valence-corrected chi connectivity index (χ0v) is 25.5. The van der Waals surface area contributed by atoms with Gasteiger partial charge in [0.05, 0.1) is 6.04 Å². The van der Waals surface area contributed by atoms with Gasteiger partial charge in [-0.15, -0.1) is 0 Å². The Kier molecular flexibility index (Phi) is 10.1. The molecular formula is C33H46N4O5. The fourth-order valence-electron chi connectivity index (χ4n) is 5.36. The molecule has 0 aromatic heterocycles. The minimum atomic E-state index is -0.854. The Morgan fingerprint density at radius 1 is 1.02 bits per heavy atom. The molecule has 1 aliphatic carbocycles. The van der Waals surface area contributed by atoms with Crippen LogP contribution in [0, 0.1) is 5.92 Å². The van der Waals surface area contributed by atoms with Gasteiger partial charge in [0.15, 0.2) is 0 Å². The number of ether oxygens (including phenoxy) is 1. The molecule has 2 aromatic rings. The summed E-state index contributed by atoms with van der Waals surface area (Å²) in [6.45, 7) is 9.08. The fraction of sp³-hybridized carbons (Fsp3) is 0.545. The molecule has 1 aliphatic heterocycles. The van der Waals surface area contributed by atoms with E-state index in [2.05, 4.69) is 16.0 Å². The summed E-state index contributed by atoms with van der Waals surface area (Å²) < 4.78 is 6.07. The minimum absolute atomic E-state index is 0.143. The molecule has 0 unspecified atom stereocenters. The maximum atomic E-state index is 13.5. The van der Waals surface area contributed by atoms with Crippen LogP contribution in [-0.4, -0.2) is 72.6 Å². The number of carbonyl (C=O) groups is 3. The first kappa shape index (κ1) is 31.3. The third-order valence-electron chi connectivity index (χ3n) is 8.23. The number of aromatic hydroxyl groups is 1. The number of benzene rings is 2. The Morgan fingerprint density at radius 3 is 2.48 bits per heavy atom. The molecule has 1 saturated carbocycles. The Labute approximate surface area is 249 Å². The number of hydrogen-bond acceptors (Lipinski definition) is 6. The molecule has 9 nitrogen and oxygen atoms in total. The highest BCUT2D eigenvalue weighted by Gasteiger charge is 2.39. The van der Waals surface area contributed by atoms with E-state index in [0.29, 0.717) is 26.1 Å². The standard InChI is InChI=1S/C33H46N4O5/c1-21-30(39)36-26(20-22-12-15-27(38)25(19-22)33(2,3)4)31(40)35-16-8-10-23-9-6-7-11-28(23)42-18-17-34-29(24-13-14-24)32(41)37(21)5/h6-7,9,11-12,15,19,21,24,26,29,34,38H,8,10,13-14,16-18,20H2,1-5H3,(H,35,40)(H,36,39)/t21-,26-,29+/m1/s1. The predicted octanol–water partition coefficient (Wildman–Crippen LogP) is 3.07. The van der Waals surface area contributed by atoms with Crippen LogP contribution in [0.3, 0.4) is 0 Å². The molecule has 1 fully saturated rings. The first-order valence-corrected chi connectivity index (χ1v) is 15.1. The van der Waals surface area contributed by atoms with Crippen LogP contribution in [0.25, 0.3) is 0 Å². The lowest BCUT2D eigenvalue weighted by Crippen LogP contribution is -2.56. The third-order valence-corrected chi connectivity index (χ3v) is 8.23. The second kappa shape index (κ2) is 13.6. The lowest BCUT2D eigenvalue weighted by molar-refractivity contribution is -0.141. The molecule has 228 valence electrons. The first-order valence-electron chi connectivity index (χ1n) is 15.1. The Bertz CT molecular complexity index is 1270. The van der Waals surface area contributed by atoms with Gasteiger partial charge < -0.3 is 30.7 Å². The van der Waals surface area contributed by atoms with Crippen LogP contribution in [-0.2, 0) is 32.6 Å². The zero-order valence-electron chi connectivity index (χ0n) is 25.5. The molecule has 4 rings (SSSR count). The number of phenols is 1. The number of carbonyl (C=O) groups excluding carboxylic acids is 3. The molecule has 3 atom stereocenters. The van der Waals surface area contributed by atoms with Gasteiger partial charge in [0.25, 0.3) is 0 Å². The van der Waals surface area contributed by atoms with Crippen LogP contribution < -0.4 is 20.7 Å². The van der Waals surface area contributed by atoms with Crippen LogP contribution >= 0.6 is 0 Å². The molecule has 4 N–H and O–H groups in total. The van der Waals surface area contributed by atoms with E-state index in [1.54, 1.807) is 26.1 Å². The lowest BCUT2D eigenvalue weighted by Gasteiger charge is -2.30. The second-order valence-electron chi connectivity index (χ2n) is 12.6. The van der Waals surface area contributed by atoms with Gasteiger partial charge in [-0.05, 0) is 72.8 Å². The van der Waals surface area contributed by atoms with Crippen molar-refractivity contribution in [3.05, 3.63) is 59.2 Å². The summed E-state index contributed by atoms with van der Waals surface area (Å²) >= 11 is 0. The van der Waals surface area contributed by atoms with Crippen molar-refractivity contribution in [2.75, 3.05) is 26.7 Å². The van der Waals surface area contributed by atoms with Crippen LogP contribution in [0.5, 0.6) is 11.5 Å². The quantitative estimate of drug-likeness (QED) is 0.445. The second-order valence-corrected chi connectivity index (χ2v) is 12.6. The molecule has 0 saturated heterocycles. The van der Waals surface area contributed by atoms with Crippen molar-refractivity contribution in [2.45, 2.75) is 83.3 Å². The molecule has 2 aliphatic rings. The van der Waals surface area contributed by atoms with E-state index in [-0.39, 0.29) is 35.3 Å². The Morgan fingerprint density at radius 2 is 1.76 bits per heavy atom. The molecule has 1 heterocycles. The highest BCUT2D eigenvalue weighted by atomic mass is 16.5. The van der Waals surface area contributed by atoms with Gasteiger partial charge in [0, 0.05) is 26.6 Å². The smallest absolute Gasteiger partial charge is 0.243 e. The summed E-state index contributed by atoms with van der Waals surface area (Å²) in [7, 11) is 1.64. The van der Waals surface area contributed by atoms with Gasteiger partial charge in [0.2, 0.25) is 17.7 Å². The van der Waals surface area contributed by atoms with E-state index in [0.717, 1.165) is 41.7 Å². The third kappa shape index (κ3) is 8.03. The Balaban J connectivity index is 1.58. The number of rotatable bonds is 3. The van der Waals surface area contributed by atoms with Crippen LogP contribution in [0.1, 0.15) is 63.6 Å². The zero-order chi connectivity index (χ0) is 30.4. The molecule has 3 amide bonds. The highest BCUT2D eigenvalue weighted by molar-refractivity contribution is 5.93. The van der Waals surface area contributed by atoms with Gasteiger partial charge in [-0.3, -0.25) is 14.4 Å². The molecule has 9 heteroatoms. The van der Waals surface area contributed by atoms with Crippen molar-refractivity contribution in [3.63, 3.8) is 0 Å². The van der Waals surface area contributed by atoms with E-state index in [9.17, 15) is 19.5 Å². The average molecular weight is 579 g/mol. The summed E-state index contributed by atoms with van der Waals surface area (Å²) in [5.41, 5.74) is 2.35. The molecular weight excluding hydrogens is 532 g/mol. The largest absolute Gasteiger partial charge is 0.508 e. The number of fused-ring (bicyclic) bond motifs is 1. The predicted molar refractivity (Wildman–Crippen MR) is 162 cm³/mol. The molecule has 2 aromatic carbocycles. The fourth-order valence-corrected chi connectivity index (χ4v) is 5.36.